The van der Waals surface area contributed by atoms with Crippen LogP contribution in [0, 0.1) is 0 Å². The lowest BCUT2D eigenvalue weighted by molar-refractivity contribution is -0.132. The molecule has 2 N–H and O–H groups in total. The molecule has 0 heterocycles. The van der Waals surface area contributed by atoms with Gasteiger partial charge in [-0.2, -0.15) is 0 Å². The molecular weight excluding hydrogens is 278 g/mol. The lowest BCUT2D eigenvalue weighted by Crippen LogP contribution is -2.37. The standard InChI is InChI=1S/C15H22ClNO3/c1-3-4-9-20-11(2)15(19)17-10-14(18)12-5-7-13(16)8-6-12/h5-8,11,14,18H,3-4,9-10H2,1-2H3,(H,17,19). The highest BCUT2D eigenvalue weighted by molar-refractivity contribution is 6.30. The van der Waals surface area contributed by atoms with Crippen LogP contribution in [0.15, 0.2) is 24.3 Å². The van der Waals surface area contributed by atoms with Gasteiger partial charge in [-0.1, -0.05) is 37.1 Å². The molecule has 1 aromatic rings. The Morgan fingerprint density at radius 1 is 1.40 bits per heavy atom. The number of carbonyl (C=O) groups is 1. The molecule has 20 heavy (non-hydrogen) atoms. The van der Waals surface area contributed by atoms with Crippen LogP contribution in [-0.4, -0.2) is 30.3 Å². The summed E-state index contributed by atoms with van der Waals surface area (Å²) in [5.41, 5.74) is 0.717. The fraction of sp³-hybridized carbons (Fsp3) is 0.533. The number of amides is 1. The van der Waals surface area contributed by atoms with E-state index in [1.165, 1.54) is 0 Å². The van der Waals surface area contributed by atoms with Crippen LogP contribution in [0.4, 0.5) is 0 Å². The fourth-order valence-corrected chi connectivity index (χ4v) is 1.75. The summed E-state index contributed by atoms with van der Waals surface area (Å²) in [5.74, 6) is -0.214. The summed E-state index contributed by atoms with van der Waals surface area (Å²) in [6, 6.07) is 6.89. The first-order chi connectivity index (χ1) is 9.54. The highest BCUT2D eigenvalue weighted by Gasteiger charge is 2.15. The van der Waals surface area contributed by atoms with Crippen LogP contribution in [0.3, 0.4) is 0 Å². The van der Waals surface area contributed by atoms with Gasteiger partial charge in [0.2, 0.25) is 5.91 Å². The number of ether oxygens (including phenoxy) is 1. The van der Waals surface area contributed by atoms with Crippen LogP contribution in [0.5, 0.6) is 0 Å². The molecule has 1 rings (SSSR count). The van der Waals surface area contributed by atoms with E-state index in [1.807, 2.05) is 0 Å². The summed E-state index contributed by atoms with van der Waals surface area (Å²) in [6.45, 7) is 4.50. The number of nitrogens with one attached hydrogen (secondary N) is 1. The summed E-state index contributed by atoms with van der Waals surface area (Å²) < 4.78 is 5.39. The van der Waals surface area contributed by atoms with Crippen LogP contribution < -0.4 is 5.32 Å². The average molecular weight is 300 g/mol. The van der Waals surface area contributed by atoms with E-state index in [4.69, 9.17) is 16.3 Å². The Bertz CT molecular complexity index is 408. The van der Waals surface area contributed by atoms with Crippen molar-refractivity contribution in [2.24, 2.45) is 0 Å². The maximum Gasteiger partial charge on any atom is 0.248 e. The number of aliphatic hydroxyl groups excluding tert-OH is 1. The Balaban J connectivity index is 2.34. The predicted molar refractivity (Wildman–Crippen MR) is 79.7 cm³/mol. The Morgan fingerprint density at radius 3 is 2.65 bits per heavy atom. The molecule has 4 nitrogen and oxygen atoms in total. The van der Waals surface area contributed by atoms with Crippen molar-refractivity contribution in [3.05, 3.63) is 34.9 Å². The molecule has 2 atom stereocenters. The lowest BCUT2D eigenvalue weighted by atomic mass is 10.1. The SMILES string of the molecule is CCCCOC(C)C(=O)NCC(O)c1ccc(Cl)cc1. The number of unbranched alkanes of at least 4 members (excludes halogenated alkanes) is 1. The average Bonchev–Trinajstić information content (AvgIpc) is 2.45. The van der Waals surface area contributed by atoms with Crippen LogP contribution in [0.2, 0.25) is 5.02 Å². The van der Waals surface area contributed by atoms with Gasteiger partial charge in [-0.25, -0.2) is 0 Å². The highest BCUT2D eigenvalue weighted by Crippen LogP contribution is 2.15. The highest BCUT2D eigenvalue weighted by atomic mass is 35.5. The van der Waals surface area contributed by atoms with Crippen molar-refractivity contribution in [1.82, 2.24) is 5.32 Å². The minimum Gasteiger partial charge on any atom is -0.387 e. The number of carbonyl (C=O) groups excluding carboxylic acids is 1. The van der Waals surface area contributed by atoms with Gasteiger partial charge in [-0.15, -0.1) is 0 Å². The zero-order valence-corrected chi connectivity index (χ0v) is 12.7. The normalized spacial score (nSPS) is 13.8. The number of hydrogen-bond acceptors (Lipinski definition) is 3. The second-order valence-corrected chi connectivity index (χ2v) is 5.12. The summed E-state index contributed by atoms with van der Waals surface area (Å²) in [4.78, 5) is 11.8. The quantitative estimate of drug-likeness (QED) is 0.726. The smallest absolute Gasteiger partial charge is 0.248 e. The molecule has 0 fully saturated rings. The van der Waals surface area contributed by atoms with Crippen LogP contribution in [-0.2, 0) is 9.53 Å². The minimum atomic E-state index is -0.751. The first kappa shape index (κ1) is 17.0. The summed E-state index contributed by atoms with van der Waals surface area (Å²) in [5, 5.41) is 13.2. The maximum atomic E-state index is 11.8. The van der Waals surface area contributed by atoms with Gasteiger partial charge in [0.05, 0.1) is 6.10 Å². The molecule has 2 unspecified atom stereocenters. The summed E-state index contributed by atoms with van der Waals surface area (Å²) in [7, 11) is 0. The molecule has 112 valence electrons. The third-order valence-corrected chi connectivity index (χ3v) is 3.21. The Morgan fingerprint density at radius 2 is 2.05 bits per heavy atom. The van der Waals surface area contributed by atoms with E-state index in [0.29, 0.717) is 17.2 Å². The van der Waals surface area contributed by atoms with Crippen molar-refractivity contribution in [2.75, 3.05) is 13.2 Å². The fourth-order valence-electron chi connectivity index (χ4n) is 1.62. The molecule has 0 saturated carbocycles. The molecule has 0 aliphatic rings. The first-order valence-corrected chi connectivity index (χ1v) is 7.25. The van der Waals surface area contributed by atoms with Gasteiger partial charge in [-0.3, -0.25) is 4.79 Å². The van der Waals surface area contributed by atoms with Gasteiger partial charge >= 0.3 is 0 Å². The molecule has 0 aromatic heterocycles. The molecule has 0 aliphatic heterocycles. The first-order valence-electron chi connectivity index (χ1n) is 6.87. The third kappa shape index (κ3) is 5.90. The number of aliphatic hydroxyl groups is 1. The third-order valence-electron chi connectivity index (χ3n) is 2.96. The van der Waals surface area contributed by atoms with Crippen molar-refractivity contribution in [3.8, 4) is 0 Å². The van der Waals surface area contributed by atoms with E-state index < -0.39 is 12.2 Å². The Kier molecular flexibility index (Phi) is 7.59. The van der Waals surface area contributed by atoms with Crippen molar-refractivity contribution < 1.29 is 14.6 Å². The second kappa shape index (κ2) is 8.95. The van der Waals surface area contributed by atoms with E-state index in [-0.39, 0.29) is 12.5 Å². The van der Waals surface area contributed by atoms with Gasteiger partial charge in [-0.05, 0) is 31.0 Å². The van der Waals surface area contributed by atoms with Crippen LogP contribution in [0.1, 0.15) is 38.4 Å². The molecule has 1 amide bonds. The monoisotopic (exact) mass is 299 g/mol. The molecule has 0 radical (unpaired) electrons. The van der Waals surface area contributed by atoms with Gasteiger partial charge < -0.3 is 15.2 Å². The molecule has 0 saturated heterocycles. The van der Waals surface area contributed by atoms with Crippen LogP contribution >= 0.6 is 11.6 Å². The van der Waals surface area contributed by atoms with Crippen LogP contribution in [0.25, 0.3) is 0 Å². The van der Waals surface area contributed by atoms with E-state index in [0.717, 1.165) is 12.8 Å². The van der Waals surface area contributed by atoms with Gasteiger partial charge in [0, 0.05) is 18.2 Å². The lowest BCUT2D eigenvalue weighted by Gasteiger charge is -2.16. The minimum absolute atomic E-state index is 0.155. The number of benzene rings is 1. The largest absolute Gasteiger partial charge is 0.387 e. The maximum absolute atomic E-state index is 11.8. The van der Waals surface area contributed by atoms with E-state index in [9.17, 15) is 9.90 Å². The van der Waals surface area contributed by atoms with Gasteiger partial charge in [0.25, 0.3) is 0 Å². The second-order valence-electron chi connectivity index (χ2n) is 4.68. The molecule has 0 spiro atoms. The predicted octanol–water partition coefficient (Wildman–Crippen LogP) is 2.69. The molecule has 1 aromatic carbocycles. The zero-order valence-electron chi connectivity index (χ0n) is 11.9. The van der Waals surface area contributed by atoms with Crippen molar-refractivity contribution in [3.63, 3.8) is 0 Å². The number of rotatable bonds is 8. The number of hydrogen-bond donors (Lipinski definition) is 2. The topological polar surface area (TPSA) is 58.6 Å². The molecule has 5 heteroatoms. The number of halogens is 1. The summed E-state index contributed by atoms with van der Waals surface area (Å²) >= 11 is 5.78. The van der Waals surface area contributed by atoms with Crippen molar-refractivity contribution >= 4 is 17.5 Å². The van der Waals surface area contributed by atoms with E-state index in [2.05, 4.69) is 12.2 Å². The molecule has 0 aliphatic carbocycles. The Labute approximate surface area is 125 Å². The van der Waals surface area contributed by atoms with E-state index in [1.54, 1.807) is 31.2 Å². The van der Waals surface area contributed by atoms with Gasteiger partial charge in [0.1, 0.15) is 6.10 Å². The van der Waals surface area contributed by atoms with Crippen molar-refractivity contribution in [2.45, 2.75) is 38.9 Å². The Hall–Kier alpha value is -1.10. The molecule has 0 bridgehead atoms. The summed E-state index contributed by atoms with van der Waals surface area (Å²) in [6.07, 6.45) is 0.715. The molecular formula is C15H22ClNO3. The van der Waals surface area contributed by atoms with Crippen molar-refractivity contribution in [1.29, 1.82) is 0 Å². The zero-order chi connectivity index (χ0) is 15.0. The van der Waals surface area contributed by atoms with E-state index >= 15 is 0 Å². The van der Waals surface area contributed by atoms with Gasteiger partial charge in [0.15, 0.2) is 0 Å².